The highest BCUT2D eigenvalue weighted by molar-refractivity contribution is 6.42. The van der Waals surface area contributed by atoms with Gasteiger partial charge in [-0.1, -0.05) is 28.4 Å². The summed E-state index contributed by atoms with van der Waals surface area (Å²) in [6.45, 7) is 2.19. The lowest BCUT2D eigenvalue weighted by molar-refractivity contribution is -0.119. The molecule has 1 amide bonds. The number of carbonyl (C=O) groups is 2. The molecule has 0 aliphatic rings. The molecule has 1 heterocycles. The first-order valence-corrected chi connectivity index (χ1v) is 8.49. The Morgan fingerprint density at radius 2 is 1.96 bits per heavy atom. The van der Waals surface area contributed by atoms with Gasteiger partial charge in [-0.05, 0) is 43.3 Å². The van der Waals surface area contributed by atoms with E-state index in [0.29, 0.717) is 33.4 Å². The SMILES string of the molecule is CCn1nnc2cc(C(=O)OCC(=O)Nc3ccc(Cl)c(Cl)c3)ccc21. The second-order valence-electron chi connectivity index (χ2n) is 5.36. The molecule has 0 aliphatic heterocycles. The van der Waals surface area contributed by atoms with Crippen LogP contribution in [0.3, 0.4) is 0 Å². The summed E-state index contributed by atoms with van der Waals surface area (Å²) in [6, 6.07) is 9.59. The number of nitrogens with zero attached hydrogens (tertiary/aromatic N) is 3. The molecule has 0 saturated carbocycles. The number of hydrogen-bond acceptors (Lipinski definition) is 5. The molecule has 26 heavy (non-hydrogen) atoms. The van der Waals surface area contributed by atoms with Crippen LogP contribution in [0.15, 0.2) is 36.4 Å². The molecule has 2 aromatic carbocycles. The fourth-order valence-electron chi connectivity index (χ4n) is 2.32. The van der Waals surface area contributed by atoms with Gasteiger partial charge in [-0.3, -0.25) is 4.79 Å². The molecule has 1 aromatic heterocycles. The Kier molecular flexibility index (Phi) is 5.39. The number of esters is 1. The number of halogens is 2. The highest BCUT2D eigenvalue weighted by Gasteiger charge is 2.13. The zero-order chi connectivity index (χ0) is 18.7. The van der Waals surface area contributed by atoms with Gasteiger partial charge in [-0.25, -0.2) is 9.48 Å². The average molecular weight is 393 g/mol. The lowest BCUT2D eigenvalue weighted by atomic mass is 10.2. The van der Waals surface area contributed by atoms with Crippen molar-refractivity contribution in [3.63, 3.8) is 0 Å². The topological polar surface area (TPSA) is 86.1 Å². The van der Waals surface area contributed by atoms with Crippen LogP contribution in [0, 0.1) is 0 Å². The van der Waals surface area contributed by atoms with Crippen molar-refractivity contribution < 1.29 is 14.3 Å². The van der Waals surface area contributed by atoms with Crippen LogP contribution in [-0.2, 0) is 16.1 Å². The van der Waals surface area contributed by atoms with E-state index in [1.165, 1.54) is 6.07 Å². The molecule has 0 aliphatic carbocycles. The Balaban J connectivity index is 1.61. The molecule has 7 nitrogen and oxygen atoms in total. The Hall–Kier alpha value is -2.64. The first kappa shape index (κ1) is 18.2. The van der Waals surface area contributed by atoms with E-state index in [0.717, 1.165) is 5.52 Å². The van der Waals surface area contributed by atoms with Crippen LogP contribution in [0.2, 0.25) is 10.0 Å². The third-order valence-corrected chi connectivity index (χ3v) is 4.33. The molecule has 3 aromatic rings. The number of aryl methyl sites for hydroxylation is 1. The third kappa shape index (κ3) is 3.95. The lowest BCUT2D eigenvalue weighted by Crippen LogP contribution is -2.20. The van der Waals surface area contributed by atoms with E-state index < -0.39 is 18.5 Å². The van der Waals surface area contributed by atoms with Gasteiger partial charge in [0, 0.05) is 12.2 Å². The van der Waals surface area contributed by atoms with Gasteiger partial charge in [0.1, 0.15) is 5.52 Å². The van der Waals surface area contributed by atoms with Gasteiger partial charge in [0.15, 0.2) is 6.61 Å². The van der Waals surface area contributed by atoms with Crippen molar-refractivity contribution in [2.75, 3.05) is 11.9 Å². The molecule has 0 bridgehead atoms. The minimum Gasteiger partial charge on any atom is -0.452 e. The van der Waals surface area contributed by atoms with Crippen molar-refractivity contribution >= 4 is 51.8 Å². The monoisotopic (exact) mass is 392 g/mol. The summed E-state index contributed by atoms with van der Waals surface area (Å²) >= 11 is 11.7. The number of benzene rings is 2. The van der Waals surface area contributed by atoms with E-state index >= 15 is 0 Å². The number of amides is 1. The smallest absolute Gasteiger partial charge is 0.338 e. The van der Waals surface area contributed by atoms with E-state index in [4.69, 9.17) is 27.9 Å². The number of anilines is 1. The van der Waals surface area contributed by atoms with Gasteiger partial charge in [-0.15, -0.1) is 5.10 Å². The van der Waals surface area contributed by atoms with E-state index in [1.54, 1.807) is 35.0 Å². The van der Waals surface area contributed by atoms with E-state index in [9.17, 15) is 9.59 Å². The Morgan fingerprint density at radius 3 is 2.69 bits per heavy atom. The Bertz CT molecular complexity index is 987. The number of nitrogens with one attached hydrogen (secondary N) is 1. The molecule has 0 radical (unpaired) electrons. The predicted octanol–water partition coefficient (Wildman–Crippen LogP) is 3.55. The van der Waals surface area contributed by atoms with Crippen molar-refractivity contribution in [1.82, 2.24) is 15.0 Å². The fraction of sp³-hybridized carbons (Fsp3) is 0.176. The summed E-state index contributed by atoms with van der Waals surface area (Å²) in [4.78, 5) is 24.0. The minimum atomic E-state index is -0.623. The maximum atomic E-state index is 12.1. The number of aromatic nitrogens is 3. The number of carbonyl (C=O) groups excluding carboxylic acids is 2. The fourth-order valence-corrected chi connectivity index (χ4v) is 2.62. The highest BCUT2D eigenvalue weighted by atomic mass is 35.5. The van der Waals surface area contributed by atoms with Gasteiger partial charge in [-0.2, -0.15) is 0 Å². The molecular formula is C17H14Cl2N4O3. The molecule has 1 N–H and O–H groups in total. The summed E-state index contributed by atoms with van der Waals surface area (Å²) in [6.07, 6.45) is 0. The van der Waals surface area contributed by atoms with Crippen LogP contribution in [0.5, 0.6) is 0 Å². The summed E-state index contributed by atoms with van der Waals surface area (Å²) in [5, 5.41) is 11.2. The lowest BCUT2D eigenvalue weighted by Gasteiger charge is -2.07. The minimum absolute atomic E-state index is 0.294. The normalized spacial score (nSPS) is 10.7. The average Bonchev–Trinajstić information content (AvgIpc) is 3.05. The van der Waals surface area contributed by atoms with Crippen molar-refractivity contribution in [2.24, 2.45) is 0 Å². The number of fused-ring (bicyclic) bond motifs is 1. The van der Waals surface area contributed by atoms with Gasteiger partial charge < -0.3 is 10.1 Å². The Morgan fingerprint density at radius 1 is 1.15 bits per heavy atom. The van der Waals surface area contributed by atoms with Crippen molar-refractivity contribution in [2.45, 2.75) is 13.5 Å². The maximum Gasteiger partial charge on any atom is 0.338 e. The molecule has 0 atom stereocenters. The predicted molar refractivity (Wildman–Crippen MR) is 98.6 cm³/mol. The molecule has 0 unspecified atom stereocenters. The summed E-state index contributed by atoms with van der Waals surface area (Å²) in [5.41, 5.74) is 2.16. The standard InChI is InChI=1S/C17H14Cl2N4O3/c1-2-23-15-6-3-10(7-14(15)21-22-23)17(25)26-9-16(24)20-11-4-5-12(18)13(19)8-11/h3-8H,2,9H2,1H3,(H,20,24). The van der Waals surface area contributed by atoms with Gasteiger partial charge >= 0.3 is 5.97 Å². The number of rotatable bonds is 5. The summed E-state index contributed by atoms with van der Waals surface area (Å²) in [5.74, 6) is -1.11. The van der Waals surface area contributed by atoms with Crippen LogP contribution in [-0.4, -0.2) is 33.5 Å². The van der Waals surface area contributed by atoms with E-state index in [2.05, 4.69) is 15.6 Å². The van der Waals surface area contributed by atoms with Gasteiger partial charge in [0.2, 0.25) is 0 Å². The highest BCUT2D eigenvalue weighted by Crippen LogP contribution is 2.25. The second kappa shape index (κ2) is 7.72. The largest absolute Gasteiger partial charge is 0.452 e. The zero-order valence-electron chi connectivity index (χ0n) is 13.7. The van der Waals surface area contributed by atoms with Gasteiger partial charge in [0.25, 0.3) is 5.91 Å². The molecule has 3 rings (SSSR count). The maximum absolute atomic E-state index is 12.1. The van der Waals surface area contributed by atoms with E-state index in [1.807, 2.05) is 6.92 Å². The first-order chi connectivity index (χ1) is 12.5. The Labute approximate surface area is 158 Å². The summed E-state index contributed by atoms with van der Waals surface area (Å²) < 4.78 is 6.75. The zero-order valence-corrected chi connectivity index (χ0v) is 15.2. The molecule has 9 heteroatoms. The molecule has 0 spiro atoms. The molecule has 0 fully saturated rings. The number of hydrogen-bond donors (Lipinski definition) is 1. The van der Waals surface area contributed by atoms with Crippen LogP contribution >= 0.6 is 23.2 Å². The van der Waals surface area contributed by atoms with Crippen molar-refractivity contribution in [1.29, 1.82) is 0 Å². The summed E-state index contributed by atoms with van der Waals surface area (Å²) in [7, 11) is 0. The van der Waals surface area contributed by atoms with Crippen LogP contribution < -0.4 is 5.32 Å². The van der Waals surface area contributed by atoms with Crippen LogP contribution in [0.4, 0.5) is 5.69 Å². The number of ether oxygens (including phenoxy) is 1. The van der Waals surface area contributed by atoms with Crippen LogP contribution in [0.1, 0.15) is 17.3 Å². The van der Waals surface area contributed by atoms with E-state index in [-0.39, 0.29) is 0 Å². The van der Waals surface area contributed by atoms with Crippen LogP contribution in [0.25, 0.3) is 11.0 Å². The van der Waals surface area contributed by atoms with Crippen molar-refractivity contribution in [3.05, 3.63) is 52.0 Å². The van der Waals surface area contributed by atoms with Gasteiger partial charge in [0.05, 0.1) is 21.1 Å². The first-order valence-electron chi connectivity index (χ1n) is 7.73. The third-order valence-electron chi connectivity index (χ3n) is 3.59. The van der Waals surface area contributed by atoms with Crippen molar-refractivity contribution in [3.8, 4) is 0 Å². The molecule has 0 saturated heterocycles. The quantitative estimate of drug-likeness (QED) is 0.670. The molecular weight excluding hydrogens is 379 g/mol. The second-order valence-corrected chi connectivity index (χ2v) is 6.18. The molecule has 134 valence electrons.